The maximum atomic E-state index is 13.1. The van der Waals surface area contributed by atoms with E-state index in [1.54, 1.807) is 0 Å². The van der Waals surface area contributed by atoms with Crippen molar-refractivity contribution in [3.8, 4) is 0 Å². The molecule has 1 fully saturated rings. The molecule has 0 amide bonds. The molecule has 1 aliphatic carbocycles. The first-order valence-electron chi connectivity index (χ1n) is 9.63. The molecule has 6 nitrogen and oxygen atoms in total. The molecule has 21 heavy (non-hydrogen) atoms. The summed E-state index contributed by atoms with van der Waals surface area (Å²) in [4.78, 5) is 41.4. The van der Waals surface area contributed by atoms with E-state index in [2.05, 4.69) is 4.98 Å². The largest absolute Gasteiger partial charge is 0.398 e. The van der Waals surface area contributed by atoms with Gasteiger partial charge in [0.25, 0.3) is 5.56 Å². The second kappa shape index (κ2) is 4.80. The predicted octanol–water partition coefficient (Wildman–Crippen LogP) is 1.15. The Balaban J connectivity index is 2.50. The lowest BCUT2D eigenvalue weighted by molar-refractivity contribution is -0.132. The summed E-state index contributed by atoms with van der Waals surface area (Å²) in [5.41, 5.74) is 3.79. The normalized spacial score (nSPS) is 33.4. The van der Waals surface area contributed by atoms with Crippen LogP contribution in [0.15, 0.2) is 22.9 Å². The van der Waals surface area contributed by atoms with Crippen LogP contribution in [0.1, 0.15) is 40.6 Å². The second-order valence-corrected chi connectivity index (χ2v) is 4.52. The van der Waals surface area contributed by atoms with Gasteiger partial charge in [-0.3, -0.25) is 19.0 Å². The monoisotopic (exact) mass is 292 g/mol. The van der Waals surface area contributed by atoms with E-state index >= 15 is 0 Å². The highest BCUT2D eigenvalue weighted by atomic mass is 16.2. The lowest BCUT2D eigenvalue weighted by Gasteiger charge is -2.24. The van der Waals surface area contributed by atoms with E-state index in [-0.39, 0.29) is 11.3 Å². The van der Waals surface area contributed by atoms with Crippen LogP contribution in [0.25, 0.3) is 10.9 Å². The van der Waals surface area contributed by atoms with Gasteiger partial charge in [-0.1, -0.05) is 6.04 Å². The number of hydrogen-bond acceptors (Lipinski definition) is 5. The number of Topliss-reactive ketones (excluding diaryl/α,β-unsaturated/α-hetero) is 2. The molecule has 0 aliphatic heterocycles. The third kappa shape index (κ3) is 2.12. The zero-order valence-electron chi connectivity index (χ0n) is 18.0. The molecule has 108 valence electrons. The molecule has 0 bridgehead atoms. The van der Waals surface area contributed by atoms with Gasteiger partial charge < -0.3 is 5.73 Å². The number of carbonyl (C=O) groups is 2. The number of nitrogens with two attached hydrogens (primary N) is 1. The van der Waals surface area contributed by atoms with Gasteiger partial charge >= 0.3 is 0 Å². The molecule has 0 saturated heterocycles. The minimum Gasteiger partial charge on any atom is -0.398 e. The summed E-state index contributed by atoms with van der Waals surface area (Å²) in [6.07, 6.45) is -6.02. The highest BCUT2D eigenvalue weighted by Gasteiger charge is 2.30. The Morgan fingerprint density at radius 2 is 2.24 bits per heavy atom. The van der Waals surface area contributed by atoms with Crippen molar-refractivity contribution < 1.29 is 19.2 Å². The highest BCUT2D eigenvalue weighted by Crippen LogP contribution is 2.24. The van der Waals surface area contributed by atoms with Gasteiger partial charge in [0.1, 0.15) is 11.6 Å². The number of fused-ring (bicyclic) bond motifs is 1. The number of anilines is 1. The topological polar surface area (TPSA) is 95.0 Å². The molecule has 0 spiro atoms. The summed E-state index contributed by atoms with van der Waals surface area (Å²) < 4.78 is 56.3. The lowest BCUT2D eigenvalue weighted by atomic mass is 9.92. The van der Waals surface area contributed by atoms with Crippen molar-refractivity contribution in [2.24, 2.45) is 0 Å². The summed E-state index contributed by atoms with van der Waals surface area (Å²) in [6, 6.07) is -4.69. The maximum Gasteiger partial charge on any atom is 0.264 e. The summed E-state index contributed by atoms with van der Waals surface area (Å²) in [7, 11) is 0. The average molecular weight is 292 g/mol. The molecule has 1 aromatic carbocycles. The Labute approximate surface area is 130 Å². The van der Waals surface area contributed by atoms with Crippen molar-refractivity contribution in [1.29, 1.82) is 0 Å². The number of aryl methyl sites for hydroxylation is 1. The van der Waals surface area contributed by atoms with Crippen LogP contribution in [0.4, 0.5) is 5.69 Å². The van der Waals surface area contributed by atoms with E-state index < -0.39 is 71.5 Å². The molecule has 1 aliphatic rings. The fourth-order valence-corrected chi connectivity index (χ4v) is 2.16. The van der Waals surface area contributed by atoms with E-state index in [1.165, 1.54) is 6.92 Å². The van der Waals surface area contributed by atoms with Crippen molar-refractivity contribution in [2.75, 3.05) is 5.73 Å². The minimum absolute atomic E-state index is 0.317. The summed E-state index contributed by atoms with van der Waals surface area (Å²) in [6.45, 7) is 1.20. The van der Waals surface area contributed by atoms with Gasteiger partial charge in [0.05, 0.1) is 28.8 Å². The number of benzene rings is 1. The third-order valence-electron chi connectivity index (χ3n) is 3.09. The van der Waals surface area contributed by atoms with Gasteiger partial charge in [0.2, 0.25) is 0 Å². The molecular formula is C15H15N3O3. The molecule has 0 radical (unpaired) electrons. The molecule has 2 aromatic rings. The number of nitrogen functional groups attached to an aromatic ring is 1. The zero-order valence-corrected chi connectivity index (χ0v) is 11.0. The smallest absolute Gasteiger partial charge is 0.264 e. The molecule has 1 aromatic heterocycles. The van der Waals surface area contributed by atoms with Crippen LogP contribution in [0, 0.1) is 6.92 Å². The van der Waals surface area contributed by atoms with E-state index in [4.69, 9.17) is 15.3 Å². The van der Waals surface area contributed by atoms with Crippen LogP contribution in [0.3, 0.4) is 0 Å². The van der Waals surface area contributed by atoms with Crippen molar-refractivity contribution in [3.63, 3.8) is 0 Å². The number of carbonyl (C=O) groups excluding carboxylic acids is 2. The number of ketones is 2. The van der Waals surface area contributed by atoms with Gasteiger partial charge in [0.15, 0.2) is 5.78 Å². The van der Waals surface area contributed by atoms with Gasteiger partial charge in [-0.2, -0.15) is 0 Å². The first-order chi connectivity index (χ1) is 12.8. The average Bonchev–Trinajstić information content (AvgIpc) is 2.61. The Kier molecular flexibility index (Phi) is 1.71. The third-order valence-corrected chi connectivity index (χ3v) is 3.09. The number of aromatic nitrogens is 2. The van der Waals surface area contributed by atoms with Gasteiger partial charge in [0, 0.05) is 16.2 Å². The molecule has 2 N–H and O–H groups in total. The molecule has 1 heterocycles. The quantitative estimate of drug-likeness (QED) is 0.628. The highest BCUT2D eigenvalue weighted by molar-refractivity contribution is 6.03. The molecule has 2 atom stereocenters. The van der Waals surface area contributed by atoms with Crippen LogP contribution in [-0.2, 0) is 9.59 Å². The molecular weight excluding hydrogens is 270 g/mol. The first-order valence-corrected chi connectivity index (χ1v) is 6.05. The van der Waals surface area contributed by atoms with Crippen LogP contribution >= 0.6 is 0 Å². The van der Waals surface area contributed by atoms with Crippen molar-refractivity contribution in [1.82, 2.24) is 9.55 Å². The predicted molar refractivity (Wildman–Crippen MR) is 78.1 cm³/mol. The van der Waals surface area contributed by atoms with Crippen molar-refractivity contribution in [3.05, 3.63) is 34.3 Å². The number of rotatable bonds is 1. The number of nitrogens with zero attached hydrogens (tertiary/aromatic N) is 2. The van der Waals surface area contributed by atoms with E-state index in [1.807, 2.05) is 0 Å². The Hall–Kier alpha value is -2.50. The Bertz CT molecular complexity index is 1130. The molecule has 1 saturated carbocycles. The van der Waals surface area contributed by atoms with E-state index in [9.17, 15) is 14.4 Å². The summed E-state index contributed by atoms with van der Waals surface area (Å²) in [5.74, 6) is -2.54. The molecule has 2 unspecified atom stereocenters. The van der Waals surface area contributed by atoms with Gasteiger partial charge in [-0.05, 0) is 25.4 Å². The minimum atomic E-state index is -3.05. The molecule has 6 heteroatoms. The first kappa shape index (κ1) is 7.49. The lowest BCUT2D eigenvalue weighted by Crippen LogP contribution is -2.36. The van der Waals surface area contributed by atoms with Crippen LogP contribution in [0.2, 0.25) is 0 Å². The summed E-state index contributed by atoms with van der Waals surface area (Å²) >= 11 is 0. The van der Waals surface area contributed by atoms with E-state index in [0.717, 1.165) is 0 Å². The van der Waals surface area contributed by atoms with Crippen molar-refractivity contribution in [2.45, 2.75) is 32.1 Å². The summed E-state index contributed by atoms with van der Waals surface area (Å²) in [5, 5.41) is -0.495. The Morgan fingerprint density at radius 1 is 1.48 bits per heavy atom. The second-order valence-electron chi connectivity index (χ2n) is 4.52. The maximum absolute atomic E-state index is 13.1. The molecule has 3 rings (SSSR count). The van der Waals surface area contributed by atoms with E-state index in [0.29, 0.717) is 4.57 Å². The number of hydrogen-bond donors (Lipinski definition) is 1. The standard InChI is InChI=1S/C15H15N3O3/c1-8-17-11-4-2-3-10(16)14(11)15(21)18(8)12-6-5-9(19)7-13(12)20/h2-4,12H,5-7,16H2,1H3/i2D,3D,4D,5D,6D2,12D. The van der Waals surface area contributed by atoms with Crippen molar-refractivity contribution >= 4 is 28.2 Å². The van der Waals surface area contributed by atoms with Crippen LogP contribution < -0.4 is 11.3 Å². The Morgan fingerprint density at radius 3 is 3.00 bits per heavy atom. The van der Waals surface area contributed by atoms with Gasteiger partial charge in [-0.25, -0.2) is 4.98 Å². The van der Waals surface area contributed by atoms with Crippen LogP contribution in [0.5, 0.6) is 0 Å². The fraction of sp³-hybridized carbons (Fsp3) is 0.333. The van der Waals surface area contributed by atoms with Gasteiger partial charge in [-0.15, -0.1) is 0 Å². The van der Waals surface area contributed by atoms with Crippen LogP contribution in [-0.4, -0.2) is 21.1 Å². The zero-order chi connectivity index (χ0) is 21.3. The fourth-order valence-electron chi connectivity index (χ4n) is 2.16. The SMILES string of the molecule is [2H]c1c([2H])c(N)c2c(=O)n(C3([2H])C(=O)CC(=O)C([2H])C3([2H])[2H])c(C)nc2c1[2H].